The van der Waals surface area contributed by atoms with Crippen LogP contribution in [0.1, 0.15) is 40.5 Å². The Bertz CT molecular complexity index is 1170. The number of thioether (sulfide) groups is 1. The number of amides is 2. The summed E-state index contributed by atoms with van der Waals surface area (Å²) in [4.78, 5) is 30.6. The number of aromatic nitrogens is 1. The van der Waals surface area contributed by atoms with Crippen molar-refractivity contribution in [3.05, 3.63) is 57.9 Å². The summed E-state index contributed by atoms with van der Waals surface area (Å²) in [6, 6.07) is 12.9. The van der Waals surface area contributed by atoms with Gasteiger partial charge in [-0.05, 0) is 42.2 Å². The van der Waals surface area contributed by atoms with Crippen molar-refractivity contribution in [2.24, 2.45) is 5.41 Å². The van der Waals surface area contributed by atoms with Crippen molar-refractivity contribution in [3.8, 4) is 11.3 Å². The van der Waals surface area contributed by atoms with Crippen molar-refractivity contribution in [1.29, 1.82) is 0 Å². The summed E-state index contributed by atoms with van der Waals surface area (Å²) in [5.74, 6) is -0.148. The van der Waals surface area contributed by atoms with Gasteiger partial charge in [0.2, 0.25) is 11.8 Å². The number of halogens is 2. The number of benzene rings is 2. The molecule has 0 radical (unpaired) electrons. The lowest BCUT2D eigenvalue weighted by atomic mass is 9.92. The van der Waals surface area contributed by atoms with Crippen LogP contribution in [0.15, 0.2) is 52.7 Å². The van der Waals surface area contributed by atoms with E-state index in [1.54, 1.807) is 12.1 Å². The van der Waals surface area contributed by atoms with Gasteiger partial charge < -0.3 is 10.6 Å². The Kier molecular flexibility index (Phi) is 9.04. The van der Waals surface area contributed by atoms with Gasteiger partial charge in [0, 0.05) is 27.9 Å². The first-order chi connectivity index (χ1) is 16.0. The van der Waals surface area contributed by atoms with Gasteiger partial charge in [0.15, 0.2) is 5.13 Å². The van der Waals surface area contributed by atoms with Crippen LogP contribution in [0.2, 0.25) is 10.0 Å². The first kappa shape index (κ1) is 26.5. The molecule has 2 aromatic carbocycles. The SMILES string of the molecule is CCC(Sc1cccc(NC(=O)CC(C)(C)C)c1)C(=O)Nc1nc(-c2ccc(Cl)c(Cl)c2)cs1. The molecule has 0 aliphatic heterocycles. The molecule has 2 amide bonds. The smallest absolute Gasteiger partial charge is 0.239 e. The van der Waals surface area contributed by atoms with E-state index in [0.717, 1.165) is 21.8 Å². The molecule has 9 heteroatoms. The Hall–Kier alpha value is -2.06. The van der Waals surface area contributed by atoms with Crippen LogP contribution >= 0.6 is 46.3 Å². The summed E-state index contributed by atoms with van der Waals surface area (Å²) < 4.78 is 0. The normalized spacial score (nSPS) is 12.3. The first-order valence-electron chi connectivity index (χ1n) is 10.8. The summed E-state index contributed by atoms with van der Waals surface area (Å²) in [6.45, 7) is 8.05. The number of anilines is 2. The molecule has 2 N–H and O–H groups in total. The molecule has 0 spiro atoms. The van der Waals surface area contributed by atoms with Gasteiger partial charge in [0.05, 0.1) is 21.0 Å². The number of rotatable bonds is 8. The van der Waals surface area contributed by atoms with Crippen molar-refractivity contribution >= 4 is 68.9 Å². The molecule has 0 aliphatic rings. The summed E-state index contributed by atoms with van der Waals surface area (Å²) in [6.07, 6.45) is 1.07. The van der Waals surface area contributed by atoms with Crippen molar-refractivity contribution < 1.29 is 9.59 Å². The predicted molar refractivity (Wildman–Crippen MR) is 145 cm³/mol. The average molecular weight is 537 g/mol. The lowest BCUT2D eigenvalue weighted by molar-refractivity contribution is -0.118. The van der Waals surface area contributed by atoms with Crippen molar-refractivity contribution in [3.63, 3.8) is 0 Å². The monoisotopic (exact) mass is 535 g/mol. The fraction of sp³-hybridized carbons (Fsp3) is 0.320. The molecule has 5 nitrogen and oxygen atoms in total. The highest BCUT2D eigenvalue weighted by molar-refractivity contribution is 8.00. The van der Waals surface area contributed by atoms with E-state index in [-0.39, 0.29) is 22.5 Å². The minimum Gasteiger partial charge on any atom is -0.326 e. The number of hydrogen-bond acceptors (Lipinski definition) is 5. The van der Waals surface area contributed by atoms with Gasteiger partial charge in [-0.2, -0.15) is 0 Å². The van der Waals surface area contributed by atoms with Gasteiger partial charge in [-0.15, -0.1) is 23.1 Å². The Balaban J connectivity index is 1.64. The summed E-state index contributed by atoms with van der Waals surface area (Å²) in [5, 5.41) is 8.89. The highest BCUT2D eigenvalue weighted by Crippen LogP contribution is 2.32. The largest absolute Gasteiger partial charge is 0.326 e. The molecule has 1 aromatic heterocycles. The Morgan fingerprint density at radius 2 is 1.85 bits per heavy atom. The maximum atomic E-state index is 12.9. The third kappa shape index (κ3) is 7.73. The number of nitrogens with one attached hydrogen (secondary N) is 2. The van der Waals surface area contributed by atoms with Gasteiger partial charge in [-0.25, -0.2) is 4.98 Å². The van der Waals surface area contributed by atoms with Gasteiger partial charge in [0.25, 0.3) is 0 Å². The zero-order valence-electron chi connectivity index (χ0n) is 19.4. The summed E-state index contributed by atoms with van der Waals surface area (Å²) >= 11 is 14.9. The standard InChI is InChI=1S/C25H27Cl2N3O2S2/c1-5-21(34-17-8-6-7-16(12-17)28-22(31)13-25(2,3)4)23(32)30-24-29-20(14-33-24)15-9-10-18(26)19(27)11-15/h6-12,14,21H,5,13H2,1-4H3,(H,28,31)(H,29,30,32). The first-order valence-corrected chi connectivity index (χ1v) is 13.3. The molecule has 1 atom stereocenters. The fourth-order valence-electron chi connectivity index (χ4n) is 3.13. The lowest BCUT2D eigenvalue weighted by Gasteiger charge is -2.18. The molecule has 34 heavy (non-hydrogen) atoms. The zero-order valence-corrected chi connectivity index (χ0v) is 22.6. The fourth-order valence-corrected chi connectivity index (χ4v) is 5.16. The van der Waals surface area contributed by atoms with Crippen molar-refractivity contribution in [1.82, 2.24) is 4.98 Å². The van der Waals surface area contributed by atoms with Gasteiger partial charge in [-0.1, -0.05) is 63.0 Å². The van der Waals surface area contributed by atoms with E-state index >= 15 is 0 Å². The maximum absolute atomic E-state index is 12.9. The van der Waals surface area contributed by atoms with E-state index in [9.17, 15) is 9.59 Å². The van der Waals surface area contributed by atoms with Gasteiger partial charge in [-0.3, -0.25) is 9.59 Å². The molecule has 1 unspecified atom stereocenters. The highest BCUT2D eigenvalue weighted by atomic mass is 35.5. The van der Waals surface area contributed by atoms with Gasteiger partial charge in [0.1, 0.15) is 0 Å². The Morgan fingerprint density at radius 3 is 2.53 bits per heavy atom. The Morgan fingerprint density at radius 1 is 1.09 bits per heavy atom. The number of carbonyl (C=O) groups is 2. The highest BCUT2D eigenvalue weighted by Gasteiger charge is 2.20. The minimum atomic E-state index is -0.308. The van der Waals surface area contributed by atoms with E-state index < -0.39 is 0 Å². The van der Waals surface area contributed by atoms with E-state index in [1.807, 2.05) is 63.4 Å². The molecule has 180 valence electrons. The quantitative estimate of drug-likeness (QED) is 0.286. The molecule has 0 aliphatic carbocycles. The molecule has 3 aromatic rings. The van der Waals surface area contributed by atoms with Crippen LogP contribution in [0.4, 0.5) is 10.8 Å². The van der Waals surface area contributed by atoms with Gasteiger partial charge >= 0.3 is 0 Å². The second-order valence-corrected chi connectivity index (χ2v) is 11.9. The van der Waals surface area contributed by atoms with E-state index in [4.69, 9.17) is 23.2 Å². The molecule has 1 heterocycles. The molecular formula is C25H27Cl2N3O2S2. The number of nitrogens with zero attached hydrogens (tertiary/aromatic N) is 1. The van der Waals surface area contributed by atoms with Crippen LogP contribution in [0.3, 0.4) is 0 Å². The Labute approximate surface area is 218 Å². The van der Waals surface area contributed by atoms with E-state index in [0.29, 0.717) is 28.0 Å². The van der Waals surface area contributed by atoms with E-state index in [1.165, 1.54) is 23.1 Å². The second-order valence-electron chi connectivity index (χ2n) is 8.98. The van der Waals surface area contributed by atoms with Crippen LogP contribution in [0.5, 0.6) is 0 Å². The predicted octanol–water partition coefficient (Wildman–Crippen LogP) is 8.00. The minimum absolute atomic E-state index is 0.0269. The van der Waals surface area contributed by atoms with E-state index in [2.05, 4.69) is 15.6 Å². The second kappa shape index (κ2) is 11.6. The molecule has 0 saturated heterocycles. The molecular weight excluding hydrogens is 509 g/mol. The number of thiazole rings is 1. The lowest BCUT2D eigenvalue weighted by Crippen LogP contribution is -2.24. The summed E-state index contributed by atoms with van der Waals surface area (Å²) in [7, 11) is 0. The molecule has 3 rings (SSSR count). The van der Waals surface area contributed by atoms with Crippen LogP contribution in [0.25, 0.3) is 11.3 Å². The molecule has 0 bridgehead atoms. The van der Waals surface area contributed by atoms with Crippen LogP contribution < -0.4 is 10.6 Å². The van der Waals surface area contributed by atoms with Crippen LogP contribution in [-0.2, 0) is 9.59 Å². The maximum Gasteiger partial charge on any atom is 0.239 e. The topological polar surface area (TPSA) is 71.1 Å². The van der Waals surface area contributed by atoms with Crippen molar-refractivity contribution in [2.45, 2.75) is 50.7 Å². The van der Waals surface area contributed by atoms with Crippen LogP contribution in [-0.4, -0.2) is 22.0 Å². The van der Waals surface area contributed by atoms with Crippen molar-refractivity contribution in [2.75, 3.05) is 10.6 Å². The number of carbonyl (C=O) groups excluding carboxylic acids is 2. The molecule has 0 saturated carbocycles. The number of hydrogen-bond donors (Lipinski definition) is 2. The molecule has 0 fully saturated rings. The zero-order chi connectivity index (χ0) is 24.9. The third-order valence-corrected chi connectivity index (χ3v) is 7.55. The third-order valence-electron chi connectivity index (χ3n) is 4.70. The average Bonchev–Trinajstić information content (AvgIpc) is 3.21. The summed E-state index contributed by atoms with van der Waals surface area (Å²) in [5.41, 5.74) is 2.19. The van der Waals surface area contributed by atoms with Crippen LogP contribution in [0, 0.1) is 5.41 Å².